The molecule has 2 aromatic carbocycles. The van der Waals surface area contributed by atoms with Crippen LogP contribution in [0.1, 0.15) is 11.1 Å². The number of hydrogen-bond acceptors (Lipinski definition) is 6. The maximum Gasteiger partial charge on any atom is 0.337 e. The van der Waals surface area contributed by atoms with Gasteiger partial charge >= 0.3 is 11.9 Å². The summed E-state index contributed by atoms with van der Waals surface area (Å²) in [5, 5.41) is 19.4. The number of fused-ring (bicyclic) bond motifs is 2. The van der Waals surface area contributed by atoms with E-state index in [1.54, 1.807) is 12.1 Å². The summed E-state index contributed by atoms with van der Waals surface area (Å²) in [6.07, 6.45) is 0. The first-order chi connectivity index (χ1) is 12.5. The second-order valence-electron chi connectivity index (χ2n) is 5.50. The fourth-order valence-electron chi connectivity index (χ4n) is 2.85. The fourth-order valence-corrected chi connectivity index (χ4v) is 2.85. The van der Waals surface area contributed by atoms with Crippen molar-refractivity contribution in [3.63, 3.8) is 0 Å². The Morgan fingerprint density at radius 3 is 1.42 bits per heavy atom. The van der Waals surface area contributed by atoms with Crippen LogP contribution in [0.2, 0.25) is 0 Å². The lowest BCUT2D eigenvalue weighted by Gasteiger charge is -2.11. The number of carboxylic acids is 2. The third-order valence-corrected chi connectivity index (χ3v) is 4.00. The standard InChI is InChI=1S/C18H12O8/c19-17(20)15(9-1-3-11-13(5-9)25-7-23-11)16(18(21)22)10-2-4-12-14(6-10)26-8-24-12/h1-6H,7-8H2,(H,19,20)(H,21,22)/b16-15-. The van der Waals surface area contributed by atoms with E-state index in [0.717, 1.165) is 0 Å². The summed E-state index contributed by atoms with van der Waals surface area (Å²) in [5.41, 5.74) is -0.349. The van der Waals surface area contributed by atoms with Crippen LogP contribution in [0.5, 0.6) is 23.0 Å². The molecule has 0 radical (unpaired) electrons. The van der Waals surface area contributed by atoms with Crippen molar-refractivity contribution in [2.45, 2.75) is 0 Å². The molecule has 2 heterocycles. The number of rotatable bonds is 4. The van der Waals surface area contributed by atoms with Gasteiger partial charge in [-0.2, -0.15) is 0 Å². The molecule has 2 N–H and O–H groups in total. The molecule has 2 aliphatic rings. The normalized spacial score (nSPS) is 14.8. The van der Waals surface area contributed by atoms with Crippen molar-refractivity contribution in [3.8, 4) is 23.0 Å². The Kier molecular flexibility index (Phi) is 3.65. The summed E-state index contributed by atoms with van der Waals surface area (Å²) in [7, 11) is 0. The van der Waals surface area contributed by atoms with Gasteiger partial charge in [0.2, 0.25) is 13.6 Å². The SMILES string of the molecule is O=C(O)/C(=C(\C(=O)O)c1ccc2c(c1)OCO2)c1ccc2c(c1)OCO2. The van der Waals surface area contributed by atoms with E-state index < -0.39 is 11.9 Å². The fraction of sp³-hybridized carbons (Fsp3) is 0.111. The Bertz CT molecular complexity index is 882. The maximum absolute atomic E-state index is 11.9. The van der Waals surface area contributed by atoms with E-state index in [2.05, 4.69) is 0 Å². The van der Waals surface area contributed by atoms with Crippen molar-refractivity contribution in [2.24, 2.45) is 0 Å². The van der Waals surface area contributed by atoms with Gasteiger partial charge in [0.05, 0.1) is 11.1 Å². The van der Waals surface area contributed by atoms with Gasteiger partial charge in [-0.3, -0.25) is 0 Å². The molecule has 0 amide bonds. The highest BCUT2D eigenvalue weighted by Gasteiger charge is 2.27. The van der Waals surface area contributed by atoms with Crippen molar-refractivity contribution in [2.75, 3.05) is 13.6 Å². The quantitative estimate of drug-likeness (QED) is 0.634. The molecular weight excluding hydrogens is 344 g/mol. The molecule has 0 aliphatic carbocycles. The lowest BCUT2D eigenvalue weighted by Crippen LogP contribution is -2.10. The average molecular weight is 356 g/mol. The average Bonchev–Trinajstić information content (AvgIpc) is 3.26. The van der Waals surface area contributed by atoms with E-state index in [-0.39, 0.29) is 35.9 Å². The molecule has 0 saturated carbocycles. The molecule has 2 aromatic rings. The van der Waals surface area contributed by atoms with Gasteiger partial charge in [0.25, 0.3) is 0 Å². The lowest BCUT2D eigenvalue weighted by atomic mass is 9.94. The minimum absolute atomic E-state index is 0.0266. The van der Waals surface area contributed by atoms with E-state index in [1.807, 2.05) is 0 Å². The van der Waals surface area contributed by atoms with Crippen molar-refractivity contribution < 1.29 is 38.7 Å². The summed E-state index contributed by atoms with van der Waals surface area (Å²) in [6, 6.07) is 8.93. The van der Waals surface area contributed by atoms with Gasteiger partial charge in [0.15, 0.2) is 23.0 Å². The number of ether oxygens (including phenoxy) is 4. The van der Waals surface area contributed by atoms with E-state index in [1.165, 1.54) is 24.3 Å². The molecule has 0 atom stereocenters. The van der Waals surface area contributed by atoms with Gasteiger partial charge in [-0.25, -0.2) is 9.59 Å². The smallest absolute Gasteiger partial charge is 0.337 e. The molecule has 0 unspecified atom stereocenters. The molecule has 0 fully saturated rings. The molecule has 2 aliphatic heterocycles. The first-order valence-corrected chi connectivity index (χ1v) is 7.55. The zero-order valence-corrected chi connectivity index (χ0v) is 13.2. The van der Waals surface area contributed by atoms with Crippen molar-refractivity contribution in [1.29, 1.82) is 0 Å². The third kappa shape index (κ3) is 2.57. The van der Waals surface area contributed by atoms with Crippen LogP contribution in [0.4, 0.5) is 0 Å². The summed E-state index contributed by atoms with van der Waals surface area (Å²) in [6.45, 7) is 0.0533. The predicted molar refractivity (Wildman–Crippen MR) is 87.2 cm³/mol. The molecule has 0 aromatic heterocycles. The van der Waals surface area contributed by atoms with Crippen molar-refractivity contribution in [3.05, 3.63) is 47.5 Å². The second-order valence-corrected chi connectivity index (χ2v) is 5.50. The Morgan fingerprint density at radius 2 is 1.04 bits per heavy atom. The summed E-state index contributed by atoms with van der Waals surface area (Å²) in [5.74, 6) is -1.09. The number of hydrogen-bond donors (Lipinski definition) is 2. The molecule has 132 valence electrons. The summed E-state index contributed by atoms with van der Waals surface area (Å²) < 4.78 is 20.9. The largest absolute Gasteiger partial charge is 0.478 e. The van der Waals surface area contributed by atoms with Crippen molar-refractivity contribution in [1.82, 2.24) is 0 Å². The van der Waals surface area contributed by atoms with E-state index >= 15 is 0 Å². The first-order valence-electron chi connectivity index (χ1n) is 7.55. The van der Waals surface area contributed by atoms with Crippen LogP contribution in [-0.2, 0) is 9.59 Å². The van der Waals surface area contributed by atoms with Gasteiger partial charge < -0.3 is 29.2 Å². The molecule has 0 saturated heterocycles. The first kappa shape index (κ1) is 15.8. The Labute approximate surface area is 146 Å². The lowest BCUT2D eigenvalue weighted by molar-refractivity contribution is -0.132. The van der Waals surface area contributed by atoms with Crippen LogP contribution in [0.25, 0.3) is 11.1 Å². The van der Waals surface area contributed by atoms with Gasteiger partial charge in [0.1, 0.15) is 0 Å². The summed E-state index contributed by atoms with van der Waals surface area (Å²) in [4.78, 5) is 23.8. The van der Waals surface area contributed by atoms with Gasteiger partial charge in [-0.1, -0.05) is 12.1 Å². The van der Waals surface area contributed by atoms with E-state index in [9.17, 15) is 19.8 Å². The van der Waals surface area contributed by atoms with Crippen LogP contribution in [0, 0.1) is 0 Å². The van der Waals surface area contributed by atoms with Crippen molar-refractivity contribution >= 4 is 23.1 Å². The molecular formula is C18H12O8. The van der Waals surface area contributed by atoms with Gasteiger partial charge in [-0.15, -0.1) is 0 Å². The zero-order valence-electron chi connectivity index (χ0n) is 13.2. The highest BCUT2D eigenvalue weighted by molar-refractivity contribution is 6.36. The zero-order chi connectivity index (χ0) is 18.3. The highest BCUT2D eigenvalue weighted by atomic mass is 16.7. The predicted octanol–water partition coefficient (Wildman–Crippen LogP) is 2.22. The Morgan fingerprint density at radius 1 is 0.654 bits per heavy atom. The second kappa shape index (κ2) is 5.99. The Balaban J connectivity index is 1.91. The summed E-state index contributed by atoms with van der Waals surface area (Å²) >= 11 is 0. The molecule has 26 heavy (non-hydrogen) atoms. The topological polar surface area (TPSA) is 112 Å². The molecule has 4 rings (SSSR count). The maximum atomic E-state index is 11.9. The molecule has 0 spiro atoms. The van der Waals surface area contributed by atoms with Crippen LogP contribution < -0.4 is 18.9 Å². The van der Waals surface area contributed by atoms with Crippen LogP contribution >= 0.6 is 0 Å². The minimum Gasteiger partial charge on any atom is -0.478 e. The number of aliphatic carboxylic acids is 2. The van der Waals surface area contributed by atoms with Crippen LogP contribution in [0.15, 0.2) is 36.4 Å². The monoisotopic (exact) mass is 356 g/mol. The van der Waals surface area contributed by atoms with E-state index in [0.29, 0.717) is 23.0 Å². The third-order valence-electron chi connectivity index (χ3n) is 4.00. The van der Waals surface area contributed by atoms with Gasteiger partial charge in [-0.05, 0) is 35.4 Å². The molecule has 0 bridgehead atoms. The minimum atomic E-state index is -1.38. The Hall–Kier alpha value is -3.68. The number of benzene rings is 2. The van der Waals surface area contributed by atoms with Gasteiger partial charge in [0, 0.05) is 0 Å². The molecule has 8 heteroatoms. The number of carboxylic acid groups (broad SMARTS) is 2. The van der Waals surface area contributed by atoms with Crippen LogP contribution in [0.3, 0.4) is 0 Å². The molecule has 8 nitrogen and oxygen atoms in total. The van der Waals surface area contributed by atoms with Crippen LogP contribution in [-0.4, -0.2) is 35.7 Å². The highest BCUT2D eigenvalue weighted by Crippen LogP contribution is 2.39. The van der Waals surface area contributed by atoms with E-state index in [4.69, 9.17) is 18.9 Å². The number of carbonyl (C=O) groups is 2.